The van der Waals surface area contributed by atoms with E-state index in [1.54, 1.807) is 18.2 Å². The van der Waals surface area contributed by atoms with Crippen molar-refractivity contribution in [2.24, 2.45) is 5.73 Å². The molecule has 0 saturated heterocycles. The molecule has 1 heterocycles. The summed E-state index contributed by atoms with van der Waals surface area (Å²) in [6.07, 6.45) is 1.50. The fraction of sp³-hybridized carbons (Fsp3) is 0.0769. The minimum absolute atomic E-state index is 0.0848. The van der Waals surface area contributed by atoms with Gasteiger partial charge in [0.2, 0.25) is 5.88 Å². The van der Waals surface area contributed by atoms with Gasteiger partial charge in [-0.15, -0.1) is 0 Å². The lowest BCUT2D eigenvalue weighted by Crippen LogP contribution is -2.12. The molecule has 1 aromatic heterocycles. The van der Waals surface area contributed by atoms with Crippen LogP contribution in [0.1, 0.15) is 15.9 Å². The van der Waals surface area contributed by atoms with Crippen LogP contribution in [-0.2, 0) is 0 Å². The molecular weight excluding hydrogens is 232 g/mol. The van der Waals surface area contributed by atoms with Crippen LogP contribution in [-0.4, -0.2) is 16.0 Å². The number of rotatable bonds is 3. The third-order valence-corrected chi connectivity index (χ3v) is 2.29. The smallest absolute Gasteiger partial charge is 0.254 e. The van der Waals surface area contributed by atoms with Gasteiger partial charge in [-0.25, -0.2) is 4.98 Å². The van der Waals surface area contributed by atoms with Gasteiger partial charge in [0.05, 0.1) is 0 Å². The quantitative estimate of drug-likeness (QED) is 0.864. The van der Waals surface area contributed by atoms with Crippen molar-refractivity contribution in [1.29, 1.82) is 0 Å². The fourth-order valence-electron chi connectivity index (χ4n) is 1.56. The van der Waals surface area contributed by atoms with Crippen molar-refractivity contribution < 1.29 is 14.6 Å². The third-order valence-electron chi connectivity index (χ3n) is 2.29. The van der Waals surface area contributed by atoms with Gasteiger partial charge in [-0.1, -0.05) is 0 Å². The second-order valence-corrected chi connectivity index (χ2v) is 3.83. The van der Waals surface area contributed by atoms with Gasteiger partial charge in [0.15, 0.2) is 0 Å². The van der Waals surface area contributed by atoms with Crippen molar-refractivity contribution in [3.63, 3.8) is 0 Å². The highest BCUT2D eigenvalue weighted by Gasteiger charge is 2.11. The van der Waals surface area contributed by atoms with Crippen LogP contribution in [0.3, 0.4) is 0 Å². The Morgan fingerprint density at radius 1 is 1.39 bits per heavy atom. The van der Waals surface area contributed by atoms with E-state index in [9.17, 15) is 9.90 Å². The molecule has 0 fully saturated rings. The van der Waals surface area contributed by atoms with Gasteiger partial charge in [-0.2, -0.15) is 0 Å². The first-order valence-corrected chi connectivity index (χ1v) is 5.29. The highest BCUT2D eigenvalue weighted by atomic mass is 16.5. The maximum atomic E-state index is 11.2. The fourth-order valence-corrected chi connectivity index (χ4v) is 1.56. The highest BCUT2D eigenvalue weighted by Crippen LogP contribution is 2.27. The van der Waals surface area contributed by atoms with Crippen LogP contribution in [0.5, 0.6) is 17.4 Å². The van der Waals surface area contributed by atoms with Crippen molar-refractivity contribution in [3.8, 4) is 17.4 Å². The molecule has 0 unspecified atom stereocenters. The Hall–Kier alpha value is -2.56. The molecule has 2 rings (SSSR count). The lowest BCUT2D eigenvalue weighted by atomic mass is 10.2. The first-order chi connectivity index (χ1) is 8.56. The van der Waals surface area contributed by atoms with Gasteiger partial charge in [0.1, 0.15) is 17.1 Å². The van der Waals surface area contributed by atoms with E-state index in [2.05, 4.69) is 4.98 Å². The predicted molar refractivity (Wildman–Crippen MR) is 65.7 cm³/mol. The van der Waals surface area contributed by atoms with Gasteiger partial charge >= 0.3 is 0 Å². The number of aryl methyl sites for hydroxylation is 1. The topological polar surface area (TPSA) is 85.4 Å². The molecular formula is C13H12N2O3. The van der Waals surface area contributed by atoms with Crippen LogP contribution in [0.2, 0.25) is 0 Å². The lowest BCUT2D eigenvalue weighted by molar-refractivity contribution is 0.0997. The summed E-state index contributed by atoms with van der Waals surface area (Å²) in [5.74, 6) is -0.0137. The highest BCUT2D eigenvalue weighted by molar-refractivity contribution is 5.95. The summed E-state index contributed by atoms with van der Waals surface area (Å²) in [4.78, 5) is 15.1. The summed E-state index contributed by atoms with van der Waals surface area (Å²) in [6.45, 7) is 1.82. The Balaban J connectivity index is 2.37. The molecule has 18 heavy (non-hydrogen) atoms. The Bertz CT molecular complexity index is 576. The van der Waals surface area contributed by atoms with E-state index in [1.165, 1.54) is 18.3 Å². The lowest BCUT2D eigenvalue weighted by Gasteiger charge is -2.08. The number of carbonyl (C=O) groups is 1. The molecule has 0 aliphatic rings. The Kier molecular flexibility index (Phi) is 3.14. The minimum atomic E-state index is -0.616. The maximum absolute atomic E-state index is 11.2. The number of nitrogens with zero attached hydrogens (tertiary/aromatic N) is 1. The molecule has 0 radical (unpaired) electrons. The van der Waals surface area contributed by atoms with E-state index in [4.69, 9.17) is 10.5 Å². The average molecular weight is 244 g/mol. The number of primary amides is 1. The largest absolute Gasteiger partial charge is 0.508 e. The molecule has 1 amide bonds. The van der Waals surface area contributed by atoms with Gasteiger partial charge in [-0.05, 0) is 36.8 Å². The number of ether oxygens (including phenoxy) is 1. The summed E-state index contributed by atoms with van der Waals surface area (Å²) < 4.78 is 5.46. The van der Waals surface area contributed by atoms with Crippen LogP contribution in [0.15, 0.2) is 36.5 Å². The van der Waals surface area contributed by atoms with Crippen molar-refractivity contribution in [2.75, 3.05) is 0 Å². The molecule has 0 aliphatic heterocycles. The number of aromatic hydroxyl groups is 1. The zero-order chi connectivity index (χ0) is 13.1. The molecule has 0 saturated carbocycles. The predicted octanol–water partition coefficient (Wildman–Crippen LogP) is 1.99. The summed E-state index contributed by atoms with van der Waals surface area (Å²) in [7, 11) is 0. The van der Waals surface area contributed by atoms with E-state index < -0.39 is 5.91 Å². The molecule has 2 aromatic rings. The molecule has 5 heteroatoms. The van der Waals surface area contributed by atoms with Crippen LogP contribution >= 0.6 is 0 Å². The normalized spacial score (nSPS) is 10.1. The van der Waals surface area contributed by atoms with Crippen molar-refractivity contribution >= 4 is 5.91 Å². The number of phenols is 1. The molecule has 5 nitrogen and oxygen atoms in total. The maximum Gasteiger partial charge on any atom is 0.254 e. The first kappa shape index (κ1) is 11.9. The van der Waals surface area contributed by atoms with Crippen LogP contribution < -0.4 is 10.5 Å². The second-order valence-electron chi connectivity index (χ2n) is 3.83. The third kappa shape index (κ3) is 2.57. The van der Waals surface area contributed by atoms with Gasteiger partial charge in [0.25, 0.3) is 5.91 Å². The Morgan fingerprint density at radius 2 is 2.17 bits per heavy atom. The molecule has 0 atom stereocenters. The molecule has 0 bridgehead atoms. The van der Waals surface area contributed by atoms with Crippen LogP contribution in [0.25, 0.3) is 0 Å². The zero-order valence-corrected chi connectivity index (χ0v) is 9.75. The van der Waals surface area contributed by atoms with Gasteiger partial charge in [-0.3, -0.25) is 4.79 Å². The van der Waals surface area contributed by atoms with Gasteiger partial charge in [0, 0.05) is 12.3 Å². The van der Waals surface area contributed by atoms with Gasteiger partial charge < -0.3 is 15.6 Å². The van der Waals surface area contributed by atoms with E-state index in [1.807, 2.05) is 6.92 Å². The summed E-state index contributed by atoms with van der Waals surface area (Å²) >= 11 is 0. The SMILES string of the molecule is Cc1cc(O)cc(Oc2ncccc2C(N)=O)c1. The van der Waals surface area contributed by atoms with Crippen molar-refractivity contribution in [2.45, 2.75) is 6.92 Å². The standard InChI is InChI=1S/C13H12N2O3/c1-8-5-9(16)7-10(6-8)18-13-11(12(14)17)3-2-4-15-13/h2-7,16H,1H3,(H2,14,17). The minimum Gasteiger partial charge on any atom is -0.508 e. The van der Waals surface area contributed by atoms with Crippen LogP contribution in [0.4, 0.5) is 0 Å². The summed E-state index contributed by atoms with van der Waals surface area (Å²) in [5, 5.41) is 9.46. The number of amides is 1. The number of hydrogen-bond acceptors (Lipinski definition) is 4. The molecule has 92 valence electrons. The summed E-state index contributed by atoms with van der Waals surface area (Å²) in [5.41, 5.74) is 6.25. The molecule has 0 aliphatic carbocycles. The first-order valence-electron chi connectivity index (χ1n) is 5.29. The number of pyridine rings is 1. The number of aromatic nitrogens is 1. The van der Waals surface area contributed by atoms with Crippen LogP contribution in [0, 0.1) is 6.92 Å². The van der Waals surface area contributed by atoms with E-state index in [-0.39, 0.29) is 17.2 Å². The monoisotopic (exact) mass is 244 g/mol. The average Bonchev–Trinajstić information content (AvgIpc) is 2.27. The van der Waals surface area contributed by atoms with Crippen molar-refractivity contribution in [1.82, 2.24) is 4.98 Å². The van der Waals surface area contributed by atoms with E-state index in [0.29, 0.717) is 5.75 Å². The summed E-state index contributed by atoms with van der Waals surface area (Å²) in [6, 6.07) is 7.88. The number of phenolic OH excluding ortho intramolecular Hbond substituents is 1. The number of hydrogen-bond donors (Lipinski definition) is 2. The van der Waals surface area contributed by atoms with E-state index >= 15 is 0 Å². The molecule has 0 spiro atoms. The number of carbonyl (C=O) groups excluding carboxylic acids is 1. The Morgan fingerprint density at radius 3 is 2.83 bits per heavy atom. The second kappa shape index (κ2) is 4.75. The van der Waals surface area contributed by atoms with Crippen molar-refractivity contribution in [3.05, 3.63) is 47.7 Å². The van der Waals surface area contributed by atoms with E-state index in [0.717, 1.165) is 5.56 Å². The zero-order valence-electron chi connectivity index (χ0n) is 9.75. The number of benzene rings is 1. The molecule has 3 N–H and O–H groups in total. The Labute approximate surface area is 104 Å². The molecule has 1 aromatic carbocycles. The number of nitrogens with two attached hydrogens (primary N) is 1.